The molecule has 8 heteroatoms. The summed E-state index contributed by atoms with van der Waals surface area (Å²) >= 11 is 18.4. The molecule has 4 rings (SSSR count). The summed E-state index contributed by atoms with van der Waals surface area (Å²) in [7, 11) is 0. The first-order valence-electron chi connectivity index (χ1n) is 11.0. The Morgan fingerprint density at radius 1 is 0.824 bits per heavy atom. The third-order valence-corrected chi connectivity index (χ3v) is 6.80. The Kier molecular flexibility index (Phi) is 7.99. The molecule has 2 amide bonds. The predicted octanol–water partition coefficient (Wildman–Crippen LogP) is 5.47. The van der Waals surface area contributed by atoms with Gasteiger partial charge in [-0.25, -0.2) is 0 Å². The van der Waals surface area contributed by atoms with Crippen LogP contribution in [-0.4, -0.2) is 42.9 Å². The van der Waals surface area contributed by atoms with Crippen molar-refractivity contribution in [3.05, 3.63) is 98.5 Å². The van der Waals surface area contributed by atoms with Gasteiger partial charge in [0.1, 0.15) is 0 Å². The number of halogens is 3. The van der Waals surface area contributed by atoms with Crippen LogP contribution in [0, 0.1) is 0 Å². The molecule has 1 fully saturated rings. The largest absolute Gasteiger partial charge is 0.368 e. The number of nitrogens with one attached hydrogen (secondary N) is 1. The van der Waals surface area contributed by atoms with E-state index in [1.165, 1.54) is 0 Å². The lowest BCUT2D eigenvalue weighted by atomic mass is 10.1. The van der Waals surface area contributed by atoms with E-state index < -0.39 is 0 Å². The van der Waals surface area contributed by atoms with Gasteiger partial charge in [0.15, 0.2) is 0 Å². The van der Waals surface area contributed by atoms with Gasteiger partial charge in [-0.2, -0.15) is 0 Å². The predicted molar refractivity (Wildman–Crippen MR) is 138 cm³/mol. The molecule has 1 heterocycles. The second-order valence-corrected chi connectivity index (χ2v) is 9.36. The molecule has 0 saturated carbocycles. The van der Waals surface area contributed by atoms with E-state index in [1.807, 2.05) is 47.4 Å². The van der Waals surface area contributed by atoms with Crippen LogP contribution in [0.4, 0.5) is 5.69 Å². The maximum atomic E-state index is 12.8. The molecule has 5 nitrogen and oxygen atoms in total. The normalized spacial score (nSPS) is 13.6. The van der Waals surface area contributed by atoms with Crippen LogP contribution >= 0.6 is 34.8 Å². The lowest BCUT2D eigenvalue weighted by Crippen LogP contribution is -2.49. The highest BCUT2D eigenvalue weighted by atomic mass is 35.5. The third kappa shape index (κ3) is 6.03. The molecular formula is C26H24Cl3N3O2. The average Bonchev–Trinajstić information content (AvgIpc) is 2.85. The number of piperazine rings is 1. The van der Waals surface area contributed by atoms with Gasteiger partial charge in [0.2, 0.25) is 5.91 Å². The highest BCUT2D eigenvalue weighted by Crippen LogP contribution is 2.26. The van der Waals surface area contributed by atoms with Crippen LogP contribution in [0.2, 0.25) is 15.1 Å². The molecule has 0 bridgehead atoms. The fraction of sp³-hybridized carbons (Fsp3) is 0.231. The Hall–Kier alpha value is -2.73. The smallest absolute Gasteiger partial charge is 0.251 e. The van der Waals surface area contributed by atoms with Crippen molar-refractivity contribution in [2.75, 3.05) is 31.1 Å². The molecule has 0 unspecified atom stereocenters. The van der Waals surface area contributed by atoms with Gasteiger partial charge >= 0.3 is 0 Å². The van der Waals surface area contributed by atoms with Crippen molar-refractivity contribution in [1.82, 2.24) is 10.2 Å². The van der Waals surface area contributed by atoms with Crippen LogP contribution in [0.1, 0.15) is 21.5 Å². The van der Waals surface area contributed by atoms with E-state index in [4.69, 9.17) is 34.8 Å². The minimum Gasteiger partial charge on any atom is -0.368 e. The zero-order valence-corrected chi connectivity index (χ0v) is 20.7. The first-order chi connectivity index (χ1) is 16.4. The number of amides is 2. The summed E-state index contributed by atoms with van der Waals surface area (Å²) in [4.78, 5) is 29.3. The first kappa shape index (κ1) is 24.4. The molecule has 3 aromatic carbocycles. The molecule has 0 aromatic heterocycles. The lowest BCUT2D eigenvalue weighted by molar-refractivity contribution is -0.130. The summed E-state index contributed by atoms with van der Waals surface area (Å²) in [6.07, 6.45) is 0.192. The molecule has 0 radical (unpaired) electrons. The van der Waals surface area contributed by atoms with Crippen molar-refractivity contribution >= 4 is 52.3 Å². The highest BCUT2D eigenvalue weighted by molar-refractivity contribution is 6.36. The number of benzene rings is 3. The quantitative estimate of drug-likeness (QED) is 0.473. The molecule has 0 spiro atoms. The average molecular weight is 517 g/mol. The molecule has 1 aliphatic heterocycles. The topological polar surface area (TPSA) is 52.7 Å². The zero-order chi connectivity index (χ0) is 24.1. The Bertz CT molecular complexity index is 1160. The number of hydrogen-bond acceptors (Lipinski definition) is 3. The van der Waals surface area contributed by atoms with Crippen molar-refractivity contribution in [3.8, 4) is 0 Å². The summed E-state index contributed by atoms with van der Waals surface area (Å²) in [5.74, 6) is -0.124. The summed E-state index contributed by atoms with van der Waals surface area (Å²) in [6, 6.07) is 20.2. The summed E-state index contributed by atoms with van der Waals surface area (Å²) in [5.41, 5.74) is 3.23. The molecule has 176 valence electrons. The van der Waals surface area contributed by atoms with Crippen LogP contribution in [0.5, 0.6) is 0 Å². The van der Waals surface area contributed by atoms with E-state index in [-0.39, 0.29) is 18.2 Å². The monoisotopic (exact) mass is 515 g/mol. The van der Waals surface area contributed by atoms with Crippen molar-refractivity contribution in [2.45, 2.75) is 13.0 Å². The maximum Gasteiger partial charge on any atom is 0.251 e. The molecular weight excluding hydrogens is 493 g/mol. The van der Waals surface area contributed by atoms with Crippen molar-refractivity contribution in [2.24, 2.45) is 0 Å². The van der Waals surface area contributed by atoms with E-state index >= 15 is 0 Å². The van der Waals surface area contributed by atoms with E-state index in [0.717, 1.165) is 11.3 Å². The second kappa shape index (κ2) is 11.1. The molecule has 1 N–H and O–H groups in total. The summed E-state index contributed by atoms with van der Waals surface area (Å²) in [6.45, 7) is 3.06. The molecule has 3 aromatic rings. The lowest BCUT2D eigenvalue weighted by Gasteiger charge is -2.36. The molecule has 1 saturated heterocycles. The Morgan fingerprint density at radius 2 is 1.47 bits per heavy atom. The Labute approximate surface area is 214 Å². The van der Waals surface area contributed by atoms with Crippen LogP contribution in [0.25, 0.3) is 0 Å². The van der Waals surface area contributed by atoms with Crippen LogP contribution in [-0.2, 0) is 17.8 Å². The zero-order valence-electron chi connectivity index (χ0n) is 18.4. The van der Waals surface area contributed by atoms with E-state index in [0.29, 0.717) is 58.9 Å². The van der Waals surface area contributed by atoms with Gasteiger partial charge < -0.3 is 15.1 Å². The summed E-state index contributed by atoms with van der Waals surface area (Å²) < 4.78 is 0. The van der Waals surface area contributed by atoms with Crippen molar-refractivity contribution in [1.29, 1.82) is 0 Å². The minimum atomic E-state index is -0.139. The van der Waals surface area contributed by atoms with Gasteiger partial charge in [-0.1, -0.05) is 53.0 Å². The van der Waals surface area contributed by atoms with Gasteiger partial charge in [-0.15, -0.1) is 0 Å². The van der Waals surface area contributed by atoms with Gasteiger partial charge in [0.05, 0.1) is 6.42 Å². The fourth-order valence-corrected chi connectivity index (χ4v) is 4.68. The molecule has 0 atom stereocenters. The van der Waals surface area contributed by atoms with Crippen molar-refractivity contribution < 1.29 is 9.59 Å². The maximum absolute atomic E-state index is 12.8. The highest BCUT2D eigenvalue weighted by Gasteiger charge is 2.23. The van der Waals surface area contributed by atoms with Gasteiger partial charge in [-0.3, -0.25) is 9.59 Å². The number of carbonyl (C=O) groups excluding carboxylic acids is 2. The number of rotatable bonds is 6. The Morgan fingerprint density at radius 3 is 2.12 bits per heavy atom. The van der Waals surface area contributed by atoms with Crippen LogP contribution < -0.4 is 10.2 Å². The van der Waals surface area contributed by atoms with Gasteiger partial charge in [0.25, 0.3) is 5.91 Å². The van der Waals surface area contributed by atoms with Gasteiger partial charge in [0, 0.05) is 59.0 Å². The third-order valence-electron chi connectivity index (χ3n) is 5.86. The molecule has 1 aliphatic rings. The standard InChI is InChI=1S/C26H24Cl3N3O2/c27-20-4-1-3-18(15-20)17-30-26(34)19-7-9-21(10-8-19)31-11-13-32(14-12-31)25(33)16-22-23(28)5-2-6-24(22)29/h1-10,15H,11-14,16-17H2,(H,30,34). The number of nitrogens with zero attached hydrogens (tertiary/aromatic N) is 2. The molecule has 0 aliphatic carbocycles. The number of carbonyl (C=O) groups is 2. The van der Waals surface area contributed by atoms with Crippen molar-refractivity contribution in [3.63, 3.8) is 0 Å². The SMILES string of the molecule is O=C(NCc1cccc(Cl)c1)c1ccc(N2CCN(C(=O)Cc3c(Cl)cccc3Cl)CC2)cc1. The number of anilines is 1. The minimum absolute atomic E-state index is 0.0152. The van der Waals surface area contributed by atoms with E-state index in [9.17, 15) is 9.59 Å². The van der Waals surface area contributed by atoms with Crippen LogP contribution in [0.15, 0.2) is 66.7 Å². The fourth-order valence-electron chi connectivity index (χ4n) is 3.93. The van der Waals surface area contributed by atoms with E-state index in [2.05, 4.69) is 10.2 Å². The first-order valence-corrected chi connectivity index (χ1v) is 12.1. The second-order valence-electron chi connectivity index (χ2n) is 8.10. The number of hydrogen-bond donors (Lipinski definition) is 1. The van der Waals surface area contributed by atoms with Gasteiger partial charge in [-0.05, 0) is 59.7 Å². The van der Waals surface area contributed by atoms with E-state index in [1.54, 1.807) is 24.3 Å². The molecule has 34 heavy (non-hydrogen) atoms. The van der Waals surface area contributed by atoms with Crippen LogP contribution in [0.3, 0.4) is 0 Å². The summed E-state index contributed by atoms with van der Waals surface area (Å²) in [5, 5.41) is 4.58. The Balaban J connectivity index is 1.29.